The highest BCUT2D eigenvalue weighted by Crippen LogP contribution is 2.63. The SMILES string of the molecule is CC1(C)c2cc(N(c3ccc4c(c3)C(C)(C)c3cc5c(cc3-4)C(C)(C)c3ccc4oc6ccccc6c4c3-5)c3ccc4c(c3)C(C)(C)c3cc(-c5ccccc5)c5oc6ccccc6c5c3-4)ccc2-c2cc3c(cc21)-c1c(ccc2oc4ccccc4c12)C3(C)C. The van der Waals surface area contributed by atoms with Gasteiger partial charge in [0.05, 0.1) is 0 Å². The van der Waals surface area contributed by atoms with E-state index >= 15 is 0 Å². The number of hydrogen-bond donors (Lipinski definition) is 0. The first-order chi connectivity index (χ1) is 43.9. The number of benzene rings is 12. The van der Waals surface area contributed by atoms with Gasteiger partial charge in [-0.1, -0.05) is 184 Å². The Morgan fingerprint density at radius 1 is 0.242 bits per heavy atom. The Hall–Kier alpha value is -10.2. The van der Waals surface area contributed by atoms with Crippen LogP contribution < -0.4 is 4.90 Å². The predicted molar refractivity (Wildman–Crippen MR) is 376 cm³/mol. The molecule has 0 spiro atoms. The highest BCUT2D eigenvalue weighted by atomic mass is 16.3. The van der Waals surface area contributed by atoms with Crippen molar-refractivity contribution in [3.63, 3.8) is 0 Å². The molecule has 15 aromatic rings. The van der Waals surface area contributed by atoms with Crippen molar-refractivity contribution < 1.29 is 13.3 Å². The number of hydrogen-bond acceptors (Lipinski definition) is 4. The van der Waals surface area contributed by atoms with Crippen molar-refractivity contribution in [2.24, 2.45) is 0 Å². The number of para-hydroxylation sites is 3. The Morgan fingerprint density at radius 2 is 0.593 bits per heavy atom. The van der Waals surface area contributed by atoms with Gasteiger partial charge in [-0.3, -0.25) is 0 Å². The third-order valence-corrected chi connectivity index (χ3v) is 23.0. The van der Waals surface area contributed by atoms with Crippen molar-refractivity contribution in [3.05, 3.63) is 268 Å². The molecule has 0 aliphatic heterocycles. The van der Waals surface area contributed by atoms with Crippen molar-refractivity contribution in [2.75, 3.05) is 4.90 Å². The van der Waals surface area contributed by atoms with Crippen molar-refractivity contribution >= 4 is 82.9 Å². The summed E-state index contributed by atoms with van der Waals surface area (Å²) in [6.07, 6.45) is 0. The van der Waals surface area contributed by atoms with E-state index in [1.165, 1.54) is 138 Å². The van der Waals surface area contributed by atoms with Crippen molar-refractivity contribution in [3.8, 4) is 66.8 Å². The summed E-state index contributed by atoms with van der Waals surface area (Å²) >= 11 is 0. The normalized spacial score (nSPS) is 16.5. The van der Waals surface area contributed by atoms with Crippen LogP contribution in [0.3, 0.4) is 0 Å². The van der Waals surface area contributed by atoms with Crippen LogP contribution in [0.2, 0.25) is 0 Å². The highest BCUT2D eigenvalue weighted by Gasteiger charge is 2.46. The smallest absolute Gasteiger partial charge is 0.143 e. The molecule has 0 atom stereocenters. The molecule has 436 valence electrons. The maximum Gasteiger partial charge on any atom is 0.143 e. The third kappa shape index (κ3) is 6.36. The van der Waals surface area contributed by atoms with Crippen LogP contribution in [-0.2, 0) is 27.1 Å². The van der Waals surface area contributed by atoms with E-state index < -0.39 is 0 Å². The van der Waals surface area contributed by atoms with Gasteiger partial charge in [0.15, 0.2) is 0 Å². The molecule has 3 heterocycles. The molecule has 3 aromatic heterocycles. The van der Waals surface area contributed by atoms with Gasteiger partial charge in [0.2, 0.25) is 0 Å². The van der Waals surface area contributed by atoms with Gasteiger partial charge in [-0.25, -0.2) is 0 Å². The quantitative estimate of drug-likeness (QED) is 0.176. The minimum Gasteiger partial charge on any atom is -0.456 e. The molecule has 0 fully saturated rings. The van der Waals surface area contributed by atoms with Gasteiger partial charge in [-0.15, -0.1) is 0 Å². The van der Waals surface area contributed by atoms with Crippen molar-refractivity contribution in [1.29, 1.82) is 0 Å². The summed E-state index contributed by atoms with van der Waals surface area (Å²) in [5.74, 6) is 0. The summed E-state index contributed by atoms with van der Waals surface area (Å²) in [6, 6.07) is 80.1. The number of nitrogens with zero attached hydrogens (tertiary/aromatic N) is 1. The first kappa shape index (κ1) is 51.7. The molecule has 5 aliphatic carbocycles. The zero-order valence-electron chi connectivity index (χ0n) is 52.9. The van der Waals surface area contributed by atoms with E-state index in [2.05, 4.69) is 286 Å². The second kappa shape index (κ2) is 16.8. The van der Waals surface area contributed by atoms with E-state index in [4.69, 9.17) is 13.3 Å². The topological polar surface area (TPSA) is 42.7 Å². The van der Waals surface area contributed by atoms with E-state index in [-0.39, 0.29) is 27.1 Å². The van der Waals surface area contributed by atoms with E-state index in [0.717, 1.165) is 67.1 Å². The van der Waals surface area contributed by atoms with Crippen LogP contribution >= 0.6 is 0 Å². The monoisotopic (exact) mass is 1170 g/mol. The second-order valence-electron chi connectivity index (χ2n) is 29.5. The lowest BCUT2D eigenvalue weighted by atomic mass is 9.79. The van der Waals surface area contributed by atoms with Crippen molar-refractivity contribution in [1.82, 2.24) is 0 Å². The summed E-state index contributed by atoms with van der Waals surface area (Å²) in [6.45, 7) is 24.2. The molecular weight excluding hydrogens is 1110 g/mol. The van der Waals surface area contributed by atoms with Gasteiger partial charge >= 0.3 is 0 Å². The number of rotatable bonds is 4. The fourth-order valence-electron chi connectivity index (χ4n) is 18.3. The minimum atomic E-state index is -0.353. The standard InChI is InChI=1S/C87H65NO3/c1-83(2)61-34-36-74-79(53-22-14-17-25-71(53)89-74)77(61)59-44-66-57(42-68(59)83)50-31-28-47(38-63(50)85(66,5)6)88(49-30-33-52-65(40-49)87(9,10)70-41-56(46-20-12-11-13-21-46)82-81(76(52)70)55-24-16-19-27-73(55)91-82)48-29-32-51-58-43-69-60(45-67(58)86(7,8)64(51)39-48)78-62(84(69,3)4)35-37-75-80(78)54-23-15-18-26-72(54)90-75/h11-45H,1-10H3. The average Bonchev–Trinajstić information content (AvgIpc) is 1.55. The summed E-state index contributed by atoms with van der Waals surface area (Å²) in [5, 5.41) is 7.11. The van der Waals surface area contributed by atoms with Crippen LogP contribution in [-0.4, -0.2) is 0 Å². The molecule has 91 heavy (non-hydrogen) atoms. The van der Waals surface area contributed by atoms with E-state index in [1.807, 2.05) is 0 Å². The van der Waals surface area contributed by atoms with Crippen LogP contribution in [0.4, 0.5) is 17.1 Å². The van der Waals surface area contributed by atoms with E-state index in [0.29, 0.717) is 0 Å². The molecule has 4 heteroatoms. The molecule has 0 N–H and O–H groups in total. The summed E-state index contributed by atoms with van der Waals surface area (Å²) in [4.78, 5) is 2.57. The molecule has 12 aromatic carbocycles. The number of anilines is 3. The van der Waals surface area contributed by atoms with Crippen LogP contribution in [0.15, 0.2) is 226 Å². The van der Waals surface area contributed by atoms with Gasteiger partial charge in [-0.05, 0) is 214 Å². The van der Waals surface area contributed by atoms with Gasteiger partial charge in [-0.2, -0.15) is 0 Å². The molecule has 0 saturated heterocycles. The Labute approximate surface area is 529 Å². The molecule has 4 nitrogen and oxygen atoms in total. The van der Waals surface area contributed by atoms with Gasteiger partial charge < -0.3 is 18.2 Å². The third-order valence-electron chi connectivity index (χ3n) is 23.0. The zero-order valence-corrected chi connectivity index (χ0v) is 52.9. The maximum absolute atomic E-state index is 6.92. The lowest BCUT2D eigenvalue weighted by molar-refractivity contribution is 0.650. The molecule has 0 radical (unpaired) electrons. The summed E-state index contributed by atoms with van der Waals surface area (Å²) in [5.41, 5.74) is 36.4. The Balaban J connectivity index is 0.775. The van der Waals surface area contributed by atoms with Crippen LogP contribution in [0.1, 0.15) is 125 Å². The Bertz CT molecular complexity index is 5620. The maximum atomic E-state index is 6.92. The number of fused-ring (bicyclic) bond motifs is 27. The van der Waals surface area contributed by atoms with Gasteiger partial charge in [0.1, 0.15) is 33.5 Å². The van der Waals surface area contributed by atoms with Crippen LogP contribution in [0.25, 0.3) is 133 Å². The summed E-state index contributed by atoms with van der Waals surface area (Å²) in [7, 11) is 0. The molecule has 20 rings (SSSR count). The molecule has 5 aliphatic rings. The molecule has 0 bridgehead atoms. The first-order valence-electron chi connectivity index (χ1n) is 32.5. The van der Waals surface area contributed by atoms with Crippen molar-refractivity contribution in [2.45, 2.75) is 96.3 Å². The first-order valence-corrected chi connectivity index (χ1v) is 32.5. The van der Waals surface area contributed by atoms with E-state index in [9.17, 15) is 0 Å². The Morgan fingerprint density at radius 3 is 1.09 bits per heavy atom. The van der Waals surface area contributed by atoms with Gasteiger partial charge in [0, 0.05) is 82.0 Å². The molecule has 0 amide bonds. The zero-order chi connectivity index (χ0) is 61.3. The molecule has 0 unspecified atom stereocenters. The fourth-order valence-corrected chi connectivity index (χ4v) is 18.3. The molecule has 0 saturated carbocycles. The van der Waals surface area contributed by atoms with Crippen LogP contribution in [0.5, 0.6) is 0 Å². The molecular formula is C87H65NO3. The Kier molecular flexibility index (Phi) is 9.55. The number of furan rings is 3. The van der Waals surface area contributed by atoms with Crippen LogP contribution in [0, 0.1) is 0 Å². The predicted octanol–water partition coefficient (Wildman–Crippen LogP) is 24.1. The highest BCUT2D eigenvalue weighted by molar-refractivity contribution is 6.20. The fraction of sp³-hybridized carbons (Fsp3) is 0.172. The lowest BCUT2D eigenvalue weighted by Gasteiger charge is -2.31. The van der Waals surface area contributed by atoms with E-state index in [1.54, 1.807) is 0 Å². The summed E-state index contributed by atoms with van der Waals surface area (Å²) < 4.78 is 20.0. The average molecular weight is 1170 g/mol. The minimum absolute atomic E-state index is 0.209. The lowest BCUT2D eigenvalue weighted by Crippen LogP contribution is -2.19. The second-order valence-corrected chi connectivity index (χ2v) is 29.5. The van der Waals surface area contributed by atoms with Gasteiger partial charge in [0.25, 0.3) is 0 Å². The largest absolute Gasteiger partial charge is 0.456 e.